The van der Waals surface area contributed by atoms with Crippen molar-refractivity contribution in [3.05, 3.63) is 77.5 Å². The van der Waals surface area contributed by atoms with E-state index in [1.165, 1.54) is 6.07 Å². The topological polar surface area (TPSA) is 61.9 Å². The van der Waals surface area contributed by atoms with E-state index in [0.717, 1.165) is 0 Å². The first-order chi connectivity index (χ1) is 12.6. The highest BCUT2D eigenvalue weighted by Gasteiger charge is 2.21. The number of hydrogen-bond acceptors (Lipinski definition) is 3. The Labute approximate surface area is 150 Å². The number of nitriles is 1. The molecule has 1 amide bonds. The van der Waals surface area contributed by atoms with Gasteiger partial charge in [-0.3, -0.25) is 9.36 Å². The molecule has 1 aromatic carbocycles. The zero-order valence-corrected chi connectivity index (χ0v) is 14.5. The molecule has 0 unspecified atom stereocenters. The molecule has 2 heterocycles. The normalized spacial score (nSPS) is 10.4. The smallest absolute Gasteiger partial charge is 0.275 e. The molecule has 0 fully saturated rings. The Bertz CT molecular complexity index is 1000. The van der Waals surface area contributed by atoms with Crippen LogP contribution >= 0.6 is 0 Å². The maximum absolute atomic E-state index is 13.6. The predicted octanol–water partition coefficient (Wildman–Crippen LogP) is 3.86. The fraction of sp³-hybridized carbons (Fsp3) is 0.150. The summed E-state index contributed by atoms with van der Waals surface area (Å²) in [5.74, 6) is -0.166. The average Bonchev–Trinajstić information content (AvgIpc) is 3.14. The molecule has 0 N–H and O–H groups in total. The highest BCUT2D eigenvalue weighted by molar-refractivity contribution is 6.05. The molecule has 130 valence electrons. The van der Waals surface area contributed by atoms with Gasteiger partial charge in [0.15, 0.2) is 5.82 Å². The van der Waals surface area contributed by atoms with Crippen molar-refractivity contribution in [1.29, 1.82) is 5.26 Å². The molecule has 26 heavy (non-hydrogen) atoms. The number of carbonyl (C=O) groups is 1. The molecular formula is C20H17FN4O. The second kappa shape index (κ2) is 7.19. The summed E-state index contributed by atoms with van der Waals surface area (Å²) in [6.07, 6.45) is 3.27. The quantitative estimate of drug-likeness (QED) is 0.719. The molecule has 0 atom stereocenters. The first-order valence-corrected chi connectivity index (χ1v) is 8.17. The molecule has 0 saturated heterocycles. The molecule has 5 nitrogen and oxygen atoms in total. The van der Waals surface area contributed by atoms with E-state index >= 15 is 0 Å². The minimum absolute atomic E-state index is 0.252. The number of rotatable bonds is 4. The lowest BCUT2D eigenvalue weighted by Gasteiger charge is -2.22. The number of halogens is 1. The van der Waals surface area contributed by atoms with Crippen LogP contribution < -0.4 is 4.90 Å². The van der Waals surface area contributed by atoms with Gasteiger partial charge in [0.25, 0.3) is 5.91 Å². The highest BCUT2D eigenvalue weighted by atomic mass is 19.1. The van der Waals surface area contributed by atoms with Gasteiger partial charge >= 0.3 is 0 Å². The molecule has 0 bridgehead atoms. The van der Waals surface area contributed by atoms with Crippen molar-refractivity contribution < 1.29 is 9.18 Å². The first-order valence-electron chi connectivity index (χ1n) is 8.17. The number of carbonyl (C=O) groups excluding carboxylic acids is 1. The fourth-order valence-corrected chi connectivity index (χ4v) is 2.79. The molecule has 3 rings (SSSR count). The number of benzene rings is 1. The van der Waals surface area contributed by atoms with E-state index in [0.29, 0.717) is 34.9 Å². The molecule has 0 aliphatic carbocycles. The lowest BCUT2D eigenvalue weighted by molar-refractivity contribution is 0.0981. The molecule has 0 saturated carbocycles. The van der Waals surface area contributed by atoms with Crippen LogP contribution in [0.4, 0.5) is 10.1 Å². The monoisotopic (exact) mass is 348 g/mol. The Balaban J connectivity index is 2.04. The maximum Gasteiger partial charge on any atom is 0.275 e. The third-order valence-electron chi connectivity index (χ3n) is 4.12. The number of hydrogen-bond donors (Lipinski definition) is 0. The van der Waals surface area contributed by atoms with Crippen molar-refractivity contribution in [3.8, 4) is 11.9 Å². The van der Waals surface area contributed by atoms with Crippen LogP contribution in [0.1, 0.15) is 28.5 Å². The minimum atomic E-state index is -0.312. The Morgan fingerprint density at radius 2 is 2.12 bits per heavy atom. The van der Waals surface area contributed by atoms with Crippen LogP contribution in [0.15, 0.2) is 54.9 Å². The average molecular weight is 348 g/mol. The van der Waals surface area contributed by atoms with Gasteiger partial charge in [-0.25, -0.2) is 9.37 Å². The van der Waals surface area contributed by atoms with Gasteiger partial charge in [0.05, 0.1) is 5.56 Å². The van der Waals surface area contributed by atoms with Crippen molar-refractivity contribution in [3.63, 3.8) is 0 Å². The van der Waals surface area contributed by atoms with Crippen molar-refractivity contribution in [2.45, 2.75) is 13.8 Å². The number of nitrogens with zero attached hydrogens (tertiary/aromatic N) is 4. The van der Waals surface area contributed by atoms with Crippen LogP contribution in [0.3, 0.4) is 0 Å². The van der Waals surface area contributed by atoms with Gasteiger partial charge in [-0.1, -0.05) is 0 Å². The fourth-order valence-electron chi connectivity index (χ4n) is 2.79. The van der Waals surface area contributed by atoms with E-state index in [1.54, 1.807) is 65.2 Å². The van der Waals surface area contributed by atoms with E-state index in [4.69, 9.17) is 0 Å². The number of amides is 1. The standard InChI is InChI=1S/C20H17FN4O/c1-3-24(16-8-9-17(21)14(2)12-16)20(26)18-7-5-11-25(18)19-15(13-22)6-4-10-23-19/h4-12H,3H2,1-2H3. The minimum Gasteiger partial charge on any atom is -0.307 e. The van der Waals surface area contributed by atoms with Gasteiger partial charge in [0.2, 0.25) is 0 Å². The summed E-state index contributed by atoms with van der Waals surface area (Å²) in [5, 5.41) is 9.30. The Morgan fingerprint density at radius 3 is 2.81 bits per heavy atom. The van der Waals surface area contributed by atoms with Crippen LogP contribution in [0.5, 0.6) is 0 Å². The van der Waals surface area contributed by atoms with Crippen LogP contribution in [-0.2, 0) is 0 Å². The third kappa shape index (κ3) is 3.07. The van der Waals surface area contributed by atoms with Crippen molar-refractivity contribution in [1.82, 2.24) is 9.55 Å². The zero-order valence-electron chi connectivity index (χ0n) is 14.5. The predicted molar refractivity (Wildman–Crippen MR) is 96.8 cm³/mol. The summed E-state index contributed by atoms with van der Waals surface area (Å²) in [6.45, 7) is 3.93. The Hall–Kier alpha value is -3.46. The van der Waals surface area contributed by atoms with E-state index in [9.17, 15) is 14.4 Å². The zero-order chi connectivity index (χ0) is 18.7. The van der Waals surface area contributed by atoms with Gasteiger partial charge in [0.1, 0.15) is 17.6 Å². The second-order valence-corrected chi connectivity index (χ2v) is 5.73. The van der Waals surface area contributed by atoms with Crippen molar-refractivity contribution in [2.75, 3.05) is 11.4 Å². The molecule has 6 heteroatoms. The first kappa shape index (κ1) is 17.4. The highest BCUT2D eigenvalue weighted by Crippen LogP contribution is 2.22. The van der Waals surface area contributed by atoms with Crippen LogP contribution in [0.2, 0.25) is 0 Å². The van der Waals surface area contributed by atoms with Crippen molar-refractivity contribution >= 4 is 11.6 Å². The molecule has 0 radical (unpaired) electrons. The number of aryl methyl sites for hydroxylation is 1. The summed E-state index contributed by atoms with van der Waals surface area (Å²) in [4.78, 5) is 18.9. The van der Waals surface area contributed by atoms with Gasteiger partial charge in [0, 0.05) is 24.6 Å². The van der Waals surface area contributed by atoms with Gasteiger partial charge in [-0.05, 0) is 61.9 Å². The van der Waals surface area contributed by atoms with Crippen molar-refractivity contribution in [2.24, 2.45) is 0 Å². The van der Waals surface area contributed by atoms with Gasteiger partial charge in [-0.2, -0.15) is 5.26 Å². The molecule has 0 aliphatic heterocycles. The molecule has 3 aromatic rings. The van der Waals surface area contributed by atoms with Gasteiger partial charge in [-0.15, -0.1) is 0 Å². The number of aromatic nitrogens is 2. The molecule has 0 spiro atoms. The summed E-state index contributed by atoms with van der Waals surface area (Å²) in [7, 11) is 0. The lowest BCUT2D eigenvalue weighted by Crippen LogP contribution is -2.32. The lowest BCUT2D eigenvalue weighted by atomic mass is 10.2. The largest absolute Gasteiger partial charge is 0.307 e. The van der Waals surface area contributed by atoms with E-state index in [2.05, 4.69) is 11.1 Å². The summed E-state index contributed by atoms with van der Waals surface area (Å²) in [6, 6.07) is 13.4. The van der Waals surface area contributed by atoms with E-state index in [-0.39, 0.29) is 11.7 Å². The van der Waals surface area contributed by atoms with E-state index < -0.39 is 0 Å². The van der Waals surface area contributed by atoms with Crippen LogP contribution in [0, 0.1) is 24.1 Å². The van der Waals surface area contributed by atoms with E-state index in [1.807, 2.05) is 6.92 Å². The number of anilines is 1. The molecule has 0 aliphatic rings. The SMILES string of the molecule is CCN(C(=O)c1cccn1-c1ncccc1C#N)c1ccc(F)c(C)c1. The summed E-state index contributed by atoms with van der Waals surface area (Å²) < 4.78 is 15.2. The Kier molecular flexibility index (Phi) is 4.81. The summed E-state index contributed by atoms with van der Waals surface area (Å²) >= 11 is 0. The molecular weight excluding hydrogens is 331 g/mol. The third-order valence-corrected chi connectivity index (χ3v) is 4.12. The van der Waals surface area contributed by atoms with Crippen LogP contribution in [0.25, 0.3) is 5.82 Å². The Morgan fingerprint density at radius 1 is 1.31 bits per heavy atom. The van der Waals surface area contributed by atoms with Gasteiger partial charge < -0.3 is 4.90 Å². The molecule has 2 aromatic heterocycles. The summed E-state index contributed by atoms with van der Waals surface area (Å²) in [5.41, 5.74) is 1.84. The maximum atomic E-state index is 13.6. The second-order valence-electron chi connectivity index (χ2n) is 5.73. The van der Waals surface area contributed by atoms with Crippen LogP contribution in [-0.4, -0.2) is 22.0 Å². The number of pyridine rings is 1.